The van der Waals surface area contributed by atoms with E-state index in [2.05, 4.69) is 19.9 Å². The number of carbonyl (C=O) groups excluding carboxylic acids is 1. The number of nitriles is 2. The fourth-order valence-corrected chi connectivity index (χ4v) is 10.1. The Labute approximate surface area is 254 Å². The number of carbonyl (C=O) groups is 1. The van der Waals surface area contributed by atoms with Crippen molar-refractivity contribution in [2.24, 2.45) is 11.8 Å². The molecule has 0 amide bonds. The molecule has 1 saturated carbocycles. The molecular weight excluding hydrogens is 653 g/mol. The third-order valence-corrected chi connectivity index (χ3v) is 11.8. The van der Waals surface area contributed by atoms with Gasteiger partial charge in [0.2, 0.25) is 0 Å². The molecule has 0 bridgehead atoms. The van der Waals surface area contributed by atoms with E-state index in [-0.39, 0.29) is 27.3 Å². The number of rotatable bonds is 14. The van der Waals surface area contributed by atoms with Crippen LogP contribution in [0.25, 0.3) is 0 Å². The summed E-state index contributed by atoms with van der Waals surface area (Å²) in [6, 6.07) is 0. The highest BCUT2D eigenvalue weighted by Crippen LogP contribution is 2.50. The standard InChI is InChI=1S/C22H24N6O7S6/c23-12-38-21-16(25-4-6-27-21)19(36-8-10-40(30,31)32)14-2-1-3-15(18(14)29)20(37-9-11-41(33,34)35)17-22(39-13-24)28-7-5-26-17/h4-7,14-15,19-20H,1-3,8-11H2,(H,30,31,32)(H,33,34,35). The SMILES string of the molecule is N#CSc1nccnc1C(SCCS(=O)(=O)O)C1CCCC(C(SCCS(=O)(=O)O)c2nccnc2SC#N)C1=O. The van der Waals surface area contributed by atoms with Crippen molar-refractivity contribution in [1.29, 1.82) is 10.5 Å². The molecule has 2 aromatic rings. The molecule has 2 N–H and O–H groups in total. The van der Waals surface area contributed by atoms with Crippen LogP contribution in [0.15, 0.2) is 34.8 Å². The van der Waals surface area contributed by atoms with Crippen LogP contribution in [0.1, 0.15) is 41.2 Å². The van der Waals surface area contributed by atoms with E-state index in [1.54, 1.807) is 0 Å². The fourth-order valence-electron chi connectivity index (χ4n) is 4.36. The van der Waals surface area contributed by atoms with Gasteiger partial charge in [0.1, 0.15) is 26.6 Å². The average molecular weight is 677 g/mol. The Bertz CT molecular complexity index is 1420. The monoisotopic (exact) mass is 676 g/mol. The molecule has 13 nitrogen and oxygen atoms in total. The molecule has 0 aromatic carbocycles. The first kappa shape index (κ1) is 33.5. The Kier molecular flexibility index (Phi) is 12.7. The molecule has 41 heavy (non-hydrogen) atoms. The lowest BCUT2D eigenvalue weighted by atomic mass is 9.76. The van der Waals surface area contributed by atoms with E-state index in [0.29, 0.717) is 30.7 Å². The first-order chi connectivity index (χ1) is 19.4. The normalized spacial score (nSPS) is 19.2. The molecule has 3 rings (SSSR count). The Hall–Kier alpha value is -1.97. The van der Waals surface area contributed by atoms with Crippen molar-refractivity contribution in [3.05, 3.63) is 36.2 Å². The van der Waals surface area contributed by atoms with E-state index in [1.807, 2.05) is 10.8 Å². The second-order valence-electron chi connectivity index (χ2n) is 8.58. The van der Waals surface area contributed by atoms with Gasteiger partial charge in [-0.2, -0.15) is 50.9 Å². The van der Waals surface area contributed by atoms with Gasteiger partial charge in [-0.25, -0.2) is 9.97 Å². The molecule has 2 heterocycles. The molecule has 1 aliphatic carbocycles. The maximum absolute atomic E-state index is 14.2. The number of thiocyanates is 2. The zero-order valence-corrected chi connectivity index (χ0v) is 26.0. The fraction of sp³-hybridized carbons (Fsp3) is 0.500. The van der Waals surface area contributed by atoms with Gasteiger partial charge in [-0.05, 0) is 12.8 Å². The minimum absolute atomic E-state index is 0.0508. The van der Waals surface area contributed by atoms with Gasteiger partial charge in [0.15, 0.2) is 0 Å². The summed E-state index contributed by atoms with van der Waals surface area (Å²) < 4.78 is 64.2. The second-order valence-corrected chi connectivity index (χ2v) is 15.8. The van der Waals surface area contributed by atoms with Gasteiger partial charge in [-0.1, -0.05) is 6.42 Å². The lowest BCUT2D eigenvalue weighted by Gasteiger charge is -2.36. The maximum Gasteiger partial charge on any atom is 0.265 e. The number of aromatic nitrogens is 4. The van der Waals surface area contributed by atoms with Crippen LogP contribution in [-0.4, -0.2) is 74.7 Å². The predicted octanol–water partition coefficient (Wildman–Crippen LogP) is 3.42. The molecule has 220 valence electrons. The summed E-state index contributed by atoms with van der Waals surface area (Å²) in [5.74, 6) is -2.80. The van der Waals surface area contributed by atoms with Gasteiger partial charge < -0.3 is 0 Å². The minimum Gasteiger partial charge on any atom is -0.299 e. The van der Waals surface area contributed by atoms with Gasteiger partial charge >= 0.3 is 0 Å². The smallest absolute Gasteiger partial charge is 0.265 e. The van der Waals surface area contributed by atoms with Crippen LogP contribution in [0.4, 0.5) is 0 Å². The average Bonchev–Trinajstić information content (AvgIpc) is 2.90. The topological polar surface area (TPSA) is 225 Å². The van der Waals surface area contributed by atoms with E-state index in [4.69, 9.17) is 0 Å². The zero-order chi connectivity index (χ0) is 30.0. The number of hydrogen-bond acceptors (Lipinski definition) is 15. The van der Waals surface area contributed by atoms with Crippen molar-refractivity contribution in [3.63, 3.8) is 0 Å². The van der Waals surface area contributed by atoms with E-state index >= 15 is 0 Å². The van der Waals surface area contributed by atoms with Crippen LogP contribution >= 0.6 is 47.0 Å². The van der Waals surface area contributed by atoms with Crippen molar-refractivity contribution in [3.8, 4) is 10.8 Å². The minimum atomic E-state index is -4.28. The van der Waals surface area contributed by atoms with Gasteiger partial charge in [-0.3, -0.25) is 23.9 Å². The summed E-state index contributed by atoms with van der Waals surface area (Å²) in [5.41, 5.74) is 0.684. The van der Waals surface area contributed by atoms with Gasteiger partial charge in [-0.15, -0.1) is 0 Å². The van der Waals surface area contributed by atoms with E-state index < -0.39 is 54.1 Å². The Morgan fingerprint density at radius 3 is 1.54 bits per heavy atom. The lowest BCUT2D eigenvalue weighted by Crippen LogP contribution is -2.35. The lowest BCUT2D eigenvalue weighted by molar-refractivity contribution is -0.129. The van der Waals surface area contributed by atoms with Crippen LogP contribution < -0.4 is 0 Å². The summed E-state index contributed by atoms with van der Waals surface area (Å²) in [4.78, 5) is 31.4. The van der Waals surface area contributed by atoms with E-state index in [0.717, 1.165) is 47.0 Å². The number of nitrogens with zero attached hydrogens (tertiary/aromatic N) is 6. The Balaban J connectivity index is 2.02. The third kappa shape index (κ3) is 10.1. The summed E-state index contributed by atoms with van der Waals surface area (Å²) in [6.45, 7) is 0. The van der Waals surface area contributed by atoms with Crippen molar-refractivity contribution in [1.82, 2.24) is 19.9 Å². The summed E-state index contributed by atoms with van der Waals surface area (Å²) in [5, 5.41) is 21.6. The first-order valence-electron chi connectivity index (χ1n) is 11.9. The molecule has 0 spiro atoms. The van der Waals surface area contributed by atoms with Crippen molar-refractivity contribution in [2.45, 2.75) is 39.8 Å². The molecule has 1 fully saturated rings. The van der Waals surface area contributed by atoms with Gasteiger partial charge in [0.25, 0.3) is 20.2 Å². The quantitative estimate of drug-likeness (QED) is 0.166. The molecular formula is C22H24N6O7S6. The molecule has 0 saturated heterocycles. The highest BCUT2D eigenvalue weighted by Gasteiger charge is 2.43. The van der Waals surface area contributed by atoms with Crippen molar-refractivity contribution >= 4 is 73.1 Å². The van der Waals surface area contributed by atoms with Crippen LogP contribution in [0.3, 0.4) is 0 Å². The number of thioether (sulfide) groups is 4. The predicted molar refractivity (Wildman–Crippen MR) is 156 cm³/mol. The zero-order valence-electron chi connectivity index (χ0n) is 21.1. The summed E-state index contributed by atoms with van der Waals surface area (Å²) >= 11 is 3.75. The number of ketones is 1. The van der Waals surface area contributed by atoms with Crippen LogP contribution in [0.5, 0.6) is 0 Å². The van der Waals surface area contributed by atoms with Crippen molar-refractivity contribution in [2.75, 3.05) is 23.0 Å². The molecule has 0 aliphatic heterocycles. The summed E-state index contributed by atoms with van der Waals surface area (Å²) in [7, 11) is -8.55. The van der Waals surface area contributed by atoms with E-state index in [9.17, 15) is 41.3 Å². The van der Waals surface area contributed by atoms with Crippen LogP contribution in [-0.2, 0) is 25.0 Å². The largest absolute Gasteiger partial charge is 0.299 e. The first-order valence-corrected chi connectivity index (χ1v) is 18.8. The van der Waals surface area contributed by atoms with Gasteiger partial charge in [0.05, 0.1) is 33.4 Å². The van der Waals surface area contributed by atoms with Crippen molar-refractivity contribution < 1.29 is 30.7 Å². The number of Topliss-reactive ketones (excluding diaryl/α,β-unsaturated/α-hetero) is 1. The highest BCUT2D eigenvalue weighted by atomic mass is 32.2. The summed E-state index contributed by atoms with van der Waals surface area (Å²) in [6.07, 6.45) is 7.06. The second kappa shape index (κ2) is 15.5. The van der Waals surface area contributed by atoms with E-state index in [1.165, 1.54) is 24.8 Å². The van der Waals surface area contributed by atoms with Crippen LogP contribution in [0.2, 0.25) is 0 Å². The number of hydrogen-bond donors (Lipinski definition) is 2. The molecule has 19 heteroatoms. The Morgan fingerprint density at radius 1 is 0.780 bits per heavy atom. The highest BCUT2D eigenvalue weighted by molar-refractivity contribution is 8.04. The molecule has 0 radical (unpaired) electrons. The molecule has 2 aromatic heterocycles. The van der Waals surface area contributed by atoms with Crippen LogP contribution in [0, 0.1) is 33.2 Å². The maximum atomic E-state index is 14.2. The molecule has 1 aliphatic rings. The Morgan fingerprint density at radius 2 is 1.17 bits per heavy atom. The molecule has 4 unspecified atom stereocenters. The van der Waals surface area contributed by atoms with Gasteiger partial charge in [0, 0.05) is 71.7 Å². The molecule has 4 atom stereocenters. The third-order valence-electron chi connectivity index (χ3n) is 5.98.